The van der Waals surface area contributed by atoms with Crippen molar-refractivity contribution < 1.29 is 55.1 Å². The standard InChI is InChI=1S/C41H38F2N14O10P2/c1-46-18-26-33(29(43)41(64-26)57-23-52-31-35(48-21-50-37(31)57)55-39(59)25-12-6-3-7-13-25)67-69(61,63-17-9-15-45)53-19-27-32(66-68(60)62-16-8-14-44)28(42)40(65-27)56-22-51-30-34(47-20-49-36(30)56)54-38(58)24-10-4-2-5-11-24/h2-7,10-13,20-23,26-29,32-33,40-41H,1,8-9,16-19H2,(H2-,47,48,49,50,53,54,55,58,59,61)/p+1/t26-,27-,28-,29-,32-,33-,40-,41-,69?/m1/s1. The monoisotopic (exact) mass is 987 g/mol. The number of nitrogens with one attached hydrogen (secondary N) is 3. The zero-order chi connectivity index (χ0) is 48.5. The van der Waals surface area contributed by atoms with Gasteiger partial charge in [-0.15, -0.1) is 9.05 Å². The van der Waals surface area contributed by atoms with Gasteiger partial charge in [0.2, 0.25) is 0 Å². The van der Waals surface area contributed by atoms with Crippen LogP contribution < -0.4 is 15.7 Å². The van der Waals surface area contributed by atoms with Gasteiger partial charge >= 0.3 is 16.0 Å². The highest BCUT2D eigenvalue weighted by Gasteiger charge is 2.54. The first-order valence-corrected chi connectivity index (χ1v) is 23.4. The lowest BCUT2D eigenvalue weighted by atomic mass is 10.1. The van der Waals surface area contributed by atoms with Gasteiger partial charge in [0.1, 0.15) is 37.6 Å². The molecule has 0 spiro atoms. The minimum Gasteiger partial charge on any atom is -0.347 e. The molecule has 3 N–H and O–H groups in total. The number of ether oxygens (including phenoxy) is 2. The van der Waals surface area contributed by atoms with E-state index in [0.29, 0.717) is 11.1 Å². The number of carbonyl (C=O) groups excluding carboxylic acids is 2. The van der Waals surface area contributed by atoms with E-state index in [0.717, 1.165) is 12.7 Å². The van der Waals surface area contributed by atoms with Gasteiger partial charge in [-0.3, -0.25) is 32.8 Å². The lowest BCUT2D eigenvalue weighted by Crippen LogP contribution is -2.39. The lowest BCUT2D eigenvalue weighted by Gasteiger charge is -2.26. The Labute approximate surface area is 390 Å². The number of benzene rings is 2. The van der Waals surface area contributed by atoms with E-state index in [4.69, 9.17) is 32.8 Å². The molecule has 24 nitrogen and oxygen atoms in total. The number of rotatable bonds is 21. The molecular weight excluding hydrogens is 948 g/mol. The van der Waals surface area contributed by atoms with Crippen molar-refractivity contribution in [2.45, 2.75) is 62.1 Å². The predicted octanol–water partition coefficient (Wildman–Crippen LogP) is 5.33. The summed E-state index contributed by atoms with van der Waals surface area (Å²) in [5.41, 5.74) is 0.873. The van der Waals surface area contributed by atoms with Crippen molar-refractivity contribution in [1.82, 2.24) is 44.1 Å². The highest BCUT2D eigenvalue weighted by atomic mass is 31.2. The van der Waals surface area contributed by atoms with E-state index in [1.165, 1.54) is 21.8 Å². The highest BCUT2D eigenvalue weighted by molar-refractivity contribution is 7.51. The van der Waals surface area contributed by atoms with Gasteiger partial charge in [0, 0.05) is 22.2 Å². The number of aromatic nitrogens is 8. The van der Waals surface area contributed by atoms with Gasteiger partial charge in [-0.1, -0.05) is 36.4 Å². The largest absolute Gasteiger partial charge is 0.697 e. The maximum Gasteiger partial charge on any atom is 0.697 e. The van der Waals surface area contributed by atoms with Crippen molar-refractivity contribution >= 4 is 68.5 Å². The van der Waals surface area contributed by atoms with E-state index in [9.17, 15) is 24.0 Å². The molecule has 2 aliphatic heterocycles. The normalized spacial score (nSPS) is 23.2. The molecule has 2 aliphatic rings. The summed E-state index contributed by atoms with van der Waals surface area (Å²) in [5, 5.41) is 26.1. The van der Waals surface area contributed by atoms with E-state index < -0.39 is 90.2 Å². The SMILES string of the molecule is C=NC[C@H]1O[C@@H](n2cnc3c(NC(=O)c4ccccc4)ncnc32)[C@H](F)[C@@H]1OP(=O)(NC[C@H]1O[C@@H](n2cnc3c(NC(=O)c4ccccc4)ncnc32)[C@H](F)[C@@H]1O[P+](=O)OCCC#N)OCCC#N. The zero-order valence-corrected chi connectivity index (χ0v) is 37.6. The van der Waals surface area contributed by atoms with Crippen molar-refractivity contribution in [2.75, 3.05) is 36.9 Å². The van der Waals surface area contributed by atoms with Crippen molar-refractivity contribution in [1.29, 1.82) is 10.5 Å². The summed E-state index contributed by atoms with van der Waals surface area (Å²) in [6, 6.07) is 20.3. The smallest absolute Gasteiger partial charge is 0.347 e. The van der Waals surface area contributed by atoms with Crippen LogP contribution in [-0.2, 0) is 36.7 Å². The number of aliphatic imine (C=N–C) groups is 1. The predicted molar refractivity (Wildman–Crippen MR) is 237 cm³/mol. The molecule has 2 amide bonds. The molecule has 0 aliphatic carbocycles. The fourth-order valence-electron chi connectivity index (χ4n) is 7.31. The second-order valence-electron chi connectivity index (χ2n) is 14.9. The van der Waals surface area contributed by atoms with Crippen LogP contribution in [0.2, 0.25) is 0 Å². The number of hydrogen-bond donors (Lipinski definition) is 3. The minimum atomic E-state index is -4.78. The summed E-state index contributed by atoms with van der Waals surface area (Å²) in [5.74, 6) is -0.979. The quantitative estimate of drug-likeness (QED) is 0.0466. The molecule has 2 fully saturated rings. The maximum absolute atomic E-state index is 16.9. The first-order chi connectivity index (χ1) is 33.5. The van der Waals surface area contributed by atoms with Gasteiger partial charge in [-0.2, -0.15) is 10.5 Å². The molecule has 6 heterocycles. The average Bonchev–Trinajstić information content (AvgIpc) is 4.13. The number of alkyl halides is 2. The molecule has 6 aromatic rings. The Bertz CT molecular complexity index is 2960. The Balaban J connectivity index is 1.03. The van der Waals surface area contributed by atoms with E-state index in [1.807, 2.05) is 12.1 Å². The Morgan fingerprint density at radius 3 is 1.84 bits per heavy atom. The van der Waals surface area contributed by atoms with Gasteiger partial charge in [-0.25, -0.2) is 48.3 Å². The van der Waals surface area contributed by atoms with Crippen LogP contribution in [0.25, 0.3) is 22.3 Å². The molecule has 28 heteroatoms. The van der Waals surface area contributed by atoms with E-state index in [1.54, 1.807) is 60.7 Å². The fourth-order valence-corrected chi connectivity index (χ4v) is 9.59. The summed E-state index contributed by atoms with van der Waals surface area (Å²) >= 11 is 0. The highest BCUT2D eigenvalue weighted by Crippen LogP contribution is 2.51. The Kier molecular flexibility index (Phi) is 15.5. The second-order valence-corrected chi connectivity index (χ2v) is 17.6. The number of fused-ring (bicyclic) bond motifs is 2. The van der Waals surface area contributed by atoms with Crippen LogP contribution in [0.15, 0.2) is 91.0 Å². The minimum absolute atomic E-state index is 0.00515. The number of nitriles is 2. The lowest BCUT2D eigenvalue weighted by molar-refractivity contribution is -0.0212. The van der Waals surface area contributed by atoms with Crippen molar-refractivity contribution in [3.63, 3.8) is 0 Å². The molecule has 10 atom stereocenters. The molecule has 0 saturated carbocycles. The second kappa shape index (κ2) is 22.0. The summed E-state index contributed by atoms with van der Waals surface area (Å²) in [6.07, 6.45) is -9.51. The summed E-state index contributed by atoms with van der Waals surface area (Å²) < 4.78 is 97.9. The topological polar surface area (TPSA) is 307 Å². The van der Waals surface area contributed by atoms with Gasteiger partial charge < -0.3 is 20.1 Å². The van der Waals surface area contributed by atoms with Crippen molar-refractivity contribution in [3.05, 3.63) is 97.1 Å². The van der Waals surface area contributed by atoms with Crippen LogP contribution in [0.1, 0.15) is 46.0 Å². The maximum atomic E-state index is 16.9. The third-order valence-corrected chi connectivity index (χ3v) is 12.9. The van der Waals surface area contributed by atoms with Crippen LogP contribution in [-0.4, -0.2) is 121 Å². The molecule has 356 valence electrons. The summed E-state index contributed by atoms with van der Waals surface area (Å²) in [4.78, 5) is 55.1. The van der Waals surface area contributed by atoms with Crippen molar-refractivity contribution in [3.8, 4) is 12.1 Å². The van der Waals surface area contributed by atoms with Crippen LogP contribution in [0, 0.1) is 22.7 Å². The number of amides is 2. The first-order valence-electron chi connectivity index (χ1n) is 20.8. The van der Waals surface area contributed by atoms with Gasteiger partial charge in [-0.05, 0) is 31.0 Å². The molecule has 2 saturated heterocycles. The van der Waals surface area contributed by atoms with E-state index >= 15 is 8.78 Å². The molecule has 0 bridgehead atoms. The number of carbonyl (C=O) groups is 2. The third-order valence-electron chi connectivity index (χ3n) is 10.5. The molecule has 8 rings (SSSR count). The summed E-state index contributed by atoms with van der Waals surface area (Å²) in [7, 11) is -7.85. The van der Waals surface area contributed by atoms with Crippen LogP contribution in [0.4, 0.5) is 20.4 Å². The van der Waals surface area contributed by atoms with Gasteiger partial charge in [0.05, 0.1) is 50.8 Å². The molecule has 2 unspecified atom stereocenters. The molecule has 2 aromatic carbocycles. The van der Waals surface area contributed by atoms with Crippen LogP contribution >= 0.6 is 16.0 Å². The zero-order valence-electron chi connectivity index (χ0n) is 35.8. The van der Waals surface area contributed by atoms with Crippen LogP contribution in [0.5, 0.6) is 0 Å². The first kappa shape index (κ1) is 48.5. The Morgan fingerprint density at radius 2 is 1.30 bits per heavy atom. The van der Waals surface area contributed by atoms with E-state index in [-0.39, 0.29) is 60.0 Å². The molecule has 0 radical (unpaired) electrons. The van der Waals surface area contributed by atoms with Crippen molar-refractivity contribution in [2.24, 2.45) is 4.99 Å². The summed E-state index contributed by atoms with van der Waals surface area (Å²) in [6.45, 7) is 1.76. The molecule has 4 aromatic heterocycles. The number of imidazole rings is 2. The van der Waals surface area contributed by atoms with E-state index in [2.05, 4.69) is 57.3 Å². The number of halogens is 2. The number of anilines is 2. The average molecular weight is 988 g/mol. The van der Waals surface area contributed by atoms with Gasteiger partial charge in [0.15, 0.2) is 64.9 Å². The Hall–Kier alpha value is -6.96. The Morgan fingerprint density at radius 1 is 0.783 bits per heavy atom. The molecular formula is C41H39F2N14O10P2+. The van der Waals surface area contributed by atoms with Crippen LogP contribution in [0.3, 0.4) is 0 Å². The fraction of sp³-hybridized carbons (Fsp3) is 0.341. The number of hydrogen-bond acceptors (Lipinski definition) is 19. The third kappa shape index (κ3) is 10.8. The van der Waals surface area contributed by atoms with Gasteiger partial charge in [0.25, 0.3) is 11.8 Å². The molecule has 69 heavy (non-hydrogen) atoms. The number of nitrogens with zero attached hydrogens (tertiary/aromatic N) is 11.